The molecule has 8 nitrogen and oxygen atoms in total. The number of aromatic nitrogens is 2. The second-order valence-corrected chi connectivity index (χ2v) is 10.4. The van der Waals surface area contributed by atoms with Crippen molar-refractivity contribution >= 4 is 39.0 Å². The van der Waals surface area contributed by atoms with Crippen LogP contribution in [0.1, 0.15) is 40.8 Å². The van der Waals surface area contributed by atoms with Gasteiger partial charge in [0.15, 0.2) is 6.17 Å². The number of hydrogen-bond acceptors (Lipinski definition) is 6. The number of anilines is 1. The first-order valence-electron chi connectivity index (χ1n) is 13.5. The standard InChI is InChI=1S/C32H24N8/c1-2-10-18-17(9-1)25-33-26(18)38-28-21-13-5-6-14-22(21)30(35-28)40-32-24-16-8-7-15-23(24)31(36-32)39-29-20-12-4-3-11-19(20)27(34-29)37-25/h1-16,25-26,29,33,35,38H,(H,34,37)(H,36,39,40). The number of aromatic amines is 2. The quantitative estimate of drug-likeness (QED) is 0.195. The first kappa shape index (κ1) is 21.7. The summed E-state index contributed by atoms with van der Waals surface area (Å²) in [6.45, 7) is 0. The largest absolute Gasteiger partial charge is 0.352 e. The fraction of sp³-hybridized carbons (Fsp3) is 0.0938. The van der Waals surface area contributed by atoms with Gasteiger partial charge in [-0.05, 0) is 11.1 Å². The van der Waals surface area contributed by atoms with Crippen LogP contribution >= 0.6 is 0 Å². The molecule has 5 N–H and O–H groups in total. The molecular weight excluding hydrogens is 496 g/mol. The molecule has 0 saturated carbocycles. The van der Waals surface area contributed by atoms with Crippen molar-refractivity contribution in [2.75, 3.05) is 5.32 Å². The van der Waals surface area contributed by atoms with Gasteiger partial charge in [-0.25, -0.2) is 15.0 Å². The molecule has 3 aliphatic heterocycles. The molecule has 4 aromatic carbocycles. The number of benzene rings is 4. The van der Waals surface area contributed by atoms with E-state index >= 15 is 0 Å². The lowest BCUT2D eigenvalue weighted by molar-refractivity contribution is 0.503. The maximum Gasteiger partial charge on any atom is 0.170 e. The molecule has 192 valence electrons. The van der Waals surface area contributed by atoms with Crippen LogP contribution in [0.25, 0.3) is 21.5 Å². The molecule has 5 heterocycles. The molecule has 8 bridgehead atoms. The monoisotopic (exact) mass is 520 g/mol. The zero-order chi connectivity index (χ0) is 26.2. The molecule has 6 aromatic rings. The molecule has 3 atom stereocenters. The fourth-order valence-electron chi connectivity index (χ4n) is 6.25. The fourth-order valence-corrected chi connectivity index (χ4v) is 6.25. The highest BCUT2D eigenvalue weighted by Crippen LogP contribution is 2.38. The lowest BCUT2D eigenvalue weighted by atomic mass is 10.1. The van der Waals surface area contributed by atoms with Gasteiger partial charge in [-0.1, -0.05) is 97.1 Å². The van der Waals surface area contributed by atoms with Crippen LogP contribution in [0.15, 0.2) is 112 Å². The van der Waals surface area contributed by atoms with Crippen molar-refractivity contribution in [3.05, 3.63) is 130 Å². The van der Waals surface area contributed by atoms with Crippen LogP contribution in [0.4, 0.5) is 11.6 Å². The molecule has 3 unspecified atom stereocenters. The minimum absolute atomic E-state index is 0.118. The number of H-pyrrole nitrogens is 2. The van der Waals surface area contributed by atoms with Gasteiger partial charge in [0, 0.05) is 32.7 Å². The van der Waals surface area contributed by atoms with Crippen molar-refractivity contribution in [2.24, 2.45) is 15.0 Å². The first-order chi connectivity index (χ1) is 19.8. The Morgan fingerprint density at radius 3 is 1.95 bits per heavy atom. The van der Waals surface area contributed by atoms with E-state index in [-0.39, 0.29) is 18.5 Å². The third-order valence-corrected chi connectivity index (χ3v) is 8.11. The molecule has 9 rings (SSSR count). The van der Waals surface area contributed by atoms with Gasteiger partial charge in [0.25, 0.3) is 0 Å². The Balaban J connectivity index is 1.34. The number of rotatable bonds is 0. The number of aliphatic imine (C=N–C) groups is 1. The molecule has 0 saturated heterocycles. The molecule has 0 radical (unpaired) electrons. The molecule has 8 heteroatoms. The van der Waals surface area contributed by atoms with Crippen LogP contribution in [0, 0.1) is 0 Å². The highest BCUT2D eigenvalue weighted by atomic mass is 15.3. The predicted octanol–water partition coefficient (Wildman–Crippen LogP) is 4.99. The third-order valence-electron chi connectivity index (χ3n) is 8.11. The lowest BCUT2D eigenvalue weighted by Gasteiger charge is -2.19. The second kappa shape index (κ2) is 8.14. The van der Waals surface area contributed by atoms with Gasteiger partial charge in [0.05, 0.1) is 0 Å². The minimum atomic E-state index is -0.370. The Hall–Kier alpha value is -5.21. The highest BCUT2D eigenvalue weighted by Gasteiger charge is 2.33. The van der Waals surface area contributed by atoms with Gasteiger partial charge in [0.2, 0.25) is 0 Å². The average Bonchev–Trinajstić information content (AvgIpc) is 3.73. The zero-order valence-electron chi connectivity index (χ0n) is 21.3. The number of hydrogen-bond donors (Lipinski definition) is 5. The van der Waals surface area contributed by atoms with E-state index in [1.54, 1.807) is 0 Å². The van der Waals surface area contributed by atoms with E-state index in [4.69, 9.17) is 15.0 Å². The summed E-state index contributed by atoms with van der Waals surface area (Å²) in [6.07, 6.45) is -0.618. The van der Waals surface area contributed by atoms with E-state index in [9.17, 15) is 0 Å². The van der Waals surface area contributed by atoms with Gasteiger partial charge in [-0.2, -0.15) is 0 Å². The number of fused-ring (bicyclic) bond motifs is 19. The number of amidine groups is 1. The average molecular weight is 521 g/mol. The summed E-state index contributed by atoms with van der Waals surface area (Å²) < 4.78 is 0. The van der Waals surface area contributed by atoms with E-state index in [2.05, 4.69) is 98.7 Å². The van der Waals surface area contributed by atoms with Crippen LogP contribution in [-0.2, 0) is 0 Å². The van der Waals surface area contributed by atoms with E-state index in [0.717, 1.165) is 61.1 Å². The zero-order valence-corrected chi connectivity index (χ0v) is 21.3. The van der Waals surface area contributed by atoms with Gasteiger partial charge < -0.3 is 20.6 Å². The SMILES string of the molecule is c1ccc2c(c1)C1=NC2N=c2[nH]/c(c3ccccc23)=N\c2[nH]c(c3ccccc23)NC2NC(N1)c1ccccc12. The summed E-state index contributed by atoms with van der Waals surface area (Å²) in [7, 11) is 0. The Kier molecular flexibility index (Phi) is 4.42. The molecule has 0 fully saturated rings. The van der Waals surface area contributed by atoms with Crippen molar-refractivity contribution < 1.29 is 0 Å². The number of nitrogens with one attached hydrogen (secondary N) is 5. The van der Waals surface area contributed by atoms with Crippen LogP contribution in [0.5, 0.6) is 0 Å². The summed E-state index contributed by atoms with van der Waals surface area (Å²) in [5, 5.41) is 15.4. The van der Waals surface area contributed by atoms with E-state index in [0.29, 0.717) is 0 Å². The van der Waals surface area contributed by atoms with Crippen molar-refractivity contribution in [1.82, 2.24) is 20.6 Å². The normalized spacial score (nSPS) is 21.4. The van der Waals surface area contributed by atoms with E-state index in [1.165, 1.54) is 11.1 Å². The smallest absolute Gasteiger partial charge is 0.170 e. The summed E-state index contributed by atoms with van der Waals surface area (Å²) in [5.74, 6) is 2.53. The van der Waals surface area contributed by atoms with Crippen molar-refractivity contribution in [3.8, 4) is 0 Å². The Bertz CT molecular complexity index is 2140. The van der Waals surface area contributed by atoms with Crippen LogP contribution in [-0.4, -0.2) is 15.8 Å². The van der Waals surface area contributed by atoms with E-state index < -0.39 is 0 Å². The molecule has 0 spiro atoms. The van der Waals surface area contributed by atoms with Gasteiger partial charge in [0.1, 0.15) is 40.8 Å². The summed E-state index contributed by atoms with van der Waals surface area (Å²) in [4.78, 5) is 22.5. The van der Waals surface area contributed by atoms with Crippen molar-refractivity contribution in [2.45, 2.75) is 18.5 Å². The summed E-state index contributed by atoms with van der Waals surface area (Å²) >= 11 is 0. The molecule has 0 aliphatic carbocycles. The molecule has 0 amide bonds. The molecule has 40 heavy (non-hydrogen) atoms. The Morgan fingerprint density at radius 1 is 0.525 bits per heavy atom. The summed E-state index contributed by atoms with van der Waals surface area (Å²) in [6, 6.07) is 33.4. The third kappa shape index (κ3) is 3.14. The van der Waals surface area contributed by atoms with Gasteiger partial charge in [-0.15, -0.1) is 0 Å². The Labute approximate surface area is 228 Å². The lowest BCUT2D eigenvalue weighted by Crippen LogP contribution is -2.36. The molecule has 3 aliphatic rings. The number of nitrogens with zero attached hydrogens (tertiary/aromatic N) is 3. The minimum Gasteiger partial charge on any atom is -0.352 e. The second-order valence-electron chi connectivity index (χ2n) is 10.4. The summed E-state index contributed by atoms with van der Waals surface area (Å²) in [5.41, 5.74) is 6.05. The Morgan fingerprint density at radius 2 is 1.15 bits per heavy atom. The van der Waals surface area contributed by atoms with Crippen molar-refractivity contribution in [3.63, 3.8) is 0 Å². The van der Waals surface area contributed by atoms with E-state index in [1.807, 2.05) is 24.3 Å². The van der Waals surface area contributed by atoms with Gasteiger partial charge >= 0.3 is 0 Å². The molecular formula is C32H24N8. The maximum atomic E-state index is 5.15. The van der Waals surface area contributed by atoms with Crippen LogP contribution < -0.4 is 26.9 Å². The predicted molar refractivity (Wildman–Crippen MR) is 156 cm³/mol. The maximum absolute atomic E-state index is 5.15. The van der Waals surface area contributed by atoms with Gasteiger partial charge in [-0.3, -0.25) is 5.32 Å². The molecule has 2 aromatic heterocycles. The van der Waals surface area contributed by atoms with Crippen LogP contribution in [0.2, 0.25) is 0 Å². The highest BCUT2D eigenvalue weighted by molar-refractivity contribution is 6.03. The first-order valence-corrected chi connectivity index (χ1v) is 13.5. The van der Waals surface area contributed by atoms with Crippen molar-refractivity contribution in [1.29, 1.82) is 0 Å². The topological polar surface area (TPSA) is 105 Å². The van der Waals surface area contributed by atoms with Crippen LogP contribution in [0.3, 0.4) is 0 Å².